The van der Waals surface area contributed by atoms with Crippen LogP contribution in [0.2, 0.25) is 0 Å². The van der Waals surface area contributed by atoms with E-state index < -0.39 is 10.8 Å². The van der Waals surface area contributed by atoms with E-state index in [1.54, 1.807) is 0 Å². The van der Waals surface area contributed by atoms with Crippen molar-refractivity contribution in [1.29, 1.82) is 0 Å². The molecule has 0 unspecified atom stereocenters. The van der Waals surface area contributed by atoms with Gasteiger partial charge in [0.05, 0.1) is 15.1 Å². The molecule has 0 saturated heterocycles. The number of non-ortho nitro benzene ring substituents is 1. The van der Waals surface area contributed by atoms with Crippen LogP contribution in [0.25, 0.3) is 10.2 Å². The first-order valence-electron chi connectivity index (χ1n) is 7.92. The summed E-state index contributed by atoms with van der Waals surface area (Å²) in [5, 5.41) is 17.8. The third kappa shape index (κ3) is 3.75. The standard InChI is InChI=1S/C16H15N5O4S/c1-2-3-8-20-14(22)7-6-12(19-20)15(23)18-16-17-11-5-4-10(21(24)25)9-13(11)26-16/h4-7,9H,2-3,8H2,1H3,(H,17,18,23). The molecule has 10 heteroatoms. The zero-order valence-electron chi connectivity index (χ0n) is 13.8. The maximum Gasteiger partial charge on any atom is 0.277 e. The summed E-state index contributed by atoms with van der Waals surface area (Å²) in [6.45, 7) is 2.44. The quantitative estimate of drug-likeness (QED) is 0.524. The number of carbonyl (C=O) groups excluding carboxylic acids is 1. The summed E-state index contributed by atoms with van der Waals surface area (Å²) in [6.07, 6.45) is 1.69. The van der Waals surface area contributed by atoms with Gasteiger partial charge in [-0.2, -0.15) is 5.10 Å². The summed E-state index contributed by atoms with van der Waals surface area (Å²) >= 11 is 1.13. The second-order valence-electron chi connectivity index (χ2n) is 5.52. The molecule has 0 aliphatic carbocycles. The van der Waals surface area contributed by atoms with Crippen molar-refractivity contribution >= 4 is 38.3 Å². The van der Waals surface area contributed by atoms with Crippen LogP contribution >= 0.6 is 11.3 Å². The number of aromatic nitrogens is 3. The molecule has 26 heavy (non-hydrogen) atoms. The van der Waals surface area contributed by atoms with Crippen molar-refractivity contribution < 1.29 is 9.72 Å². The van der Waals surface area contributed by atoms with Gasteiger partial charge in [0, 0.05) is 24.7 Å². The Kier molecular flexibility index (Phi) is 5.03. The molecule has 0 aliphatic rings. The fourth-order valence-corrected chi connectivity index (χ4v) is 3.17. The first-order chi connectivity index (χ1) is 12.5. The maximum atomic E-state index is 12.4. The van der Waals surface area contributed by atoms with Crippen molar-refractivity contribution in [3.05, 3.63) is 56.5 Å². The summed E-state index contributed by atoms with van der Waals surface area (Å²) < 4.78 is 1.86. The molecule has 3 aromatic rings. The number of nitrogens with one attached hydrogen (secondary N) is 1. The van der Waals surface area contributed by atoms with Crippen molar-refractivity contribution in [2.24, 2.45) is 0 Å². The third-order valence-corrected chi connectivity index (χ3v) is 4.56. The van der Waals surface area contributed by atoms with Gasteiger partial charge < -0.3 is 0 Å². The first kappa shape index (κ1) is 17.7. The van der Waals surface area contributed by atoms with E-state index in [0.717, 1.165) is 24.2 Å². The van der Waals surface area contributed by atoms with E-state index in [4.69, 9.17) is 0 Å². The number of aryl methyl sites for hydroxylation is 1. The smallest absolute Gasteiger partial charge is 0.277 e. The Bertz CT molecular complexity index is 1040. The van der Waals surface area contributed by atoms with Crippen LogP contribution < -0.4 is 10.9 Å². The van der Waals surface area contributed by atoms with Crippen molar-refractivity contribution in [3.63, 3.8) is 0 Å². The highest BCUT2D eigenvalue weighted by atomic mass is 32.1. The molecular weight excluding hydrogens is 358 g/mol. The lowest BCUT2D eigenvalue weighted by atomic mass is 10.3. The van der Waals surface area contributed by atoms with Crippen LogP contribution in [0.5, 0.6) is 0 Å². The lowest BCUT2D eigenvalue weighted by Crippen LogP contribution is -2.26. The van der Waals surface area contributed by atoms with E-state index in [1.807, 2.05) is 6.92 Å². The largest absolute Gasteiger partial charge is 0.296 e. The second kappa shape index (κ2) is 7.40. The van der Waals surface area contributed by atoms with Crippen molar-refractivity contribution in [1.82, 2.24) is 14.8 Å². The predicted octanol–water partition coefficient (Wildman–Crippen LogP) is 2.81. The number of carbonyl (C=O) groups is 1. The van der Waals surface area contributed by atoms with E-state index >= 15 is 0 Å². The van der Waals surface area contributed by atoms with Crippen LogP contribution in [0.1, 0.15) is 30.3 Å². The third-order valence-electron chi connectivity index (χ3n) is 3.63. The monoisotopic (exact) mass is 373 g/mol. The molecule has 0 fully saturated rings. The average Bonchev–Trinajstić information content (AvgIpc) is 3.02. The van der Waals surface area contributed by atoms with E-state index in [1.165, 1.54) is 35.0 Å². The van der Waals surface area contributed by atoms with Gasteiger partial charge in [0.1, 0.15) is 5.69 Å². The Hall–Kier alpha value is -3.14. The summed E-state index contributed by atoms with van der Waals surface area (Å²) in [5.41, 5.74) is 0.355. The van der Waals surface area contributed by atoms with Crippen LogP contribution in [0.3, 0.4) is 0 Å². The van der Waals surface area contributed by atoms with Crippen molar-refractivity contribution in [3.8, 4) is 0 Å². The molecule has 0 saturated carbocycles. The Morgan fingerprint density at radius 2 is 2.15 bits per heavy atom. The van der Waals surface area contributed by atoms with Crippen molar-refractivity contribution in [2.75, 3.05) is 5.32 Å². The number of nitro benzene ring substituents is 1. The molecule has 2 aromatic heterocycles. The number of unbranched alkanes of at least 4 members (excludes halogenated alkanes) is 1. The van der Waals surface area contributed by atoms with Gasteiger partial charge in [-0.1, -0.05) is 24.7 Å². The average molecular weight is 373 g/mol. The molecule has 0 radical (unpaired) electrons. The first-order valence-corrected chi connectivity index (χ1v) is 8.74. The van der Waals surface area contributed by atoms with E-state index in [2.05, 4.69) is 15.4 Å². The van der Waals surface area contributed by atoms with Crippen molar-refractivity contribution in [2.45, 2.75) is 26.3 Å². The topological polar surface area (TPSA) is 120 Å². The minimum atomic E-state index is -0.496. The SMILES string of the molecule is CCCCn1nc(C(=O)Nc2nc3ccc([N+](=O)[O-])cc3s2)ccc1=O. The molecule has 9 nitrogen and oxygen atoms in total. The number of hydrogen-bond acceptors (Lipinski definition) is 7. The molecular formula is C16H15N5O4S. The number of hydrogen-bond donors (Lipinski definition) is 1. The van der Waals surface area contributed by atoms with Gasteiger partial charge in [-0.3, -0.25) is 25.0 Å². The number of anilines is 1. The molecule has 3 rings (SSSR count). The molecule has 1 amide bonds. The Morgan fingerprint density at radius 3 is 2.88 bits per heavy atom. The fraction of sp³-hybridized carbons (Fsp3) is 0.250. The highest BCUT2D eigenvalue weighted by molar-refractivity contribution is 7.22. The summed E-state index contributed by atoms with van der Waals surface area (Å²) in [7, 11) is 0. The molecule has 0 atom stereocenters. The van der Waals surface area contributed by atoms with Crippen LogP contribution in [0.4, 0.5) is 10.8 Å². The number of nitro groups is 1. The van der Waals surface area contributed by atoms with Crippen LogP contribution in [-0.4, -0.2) is 25.6 Å². The van der Waals surface area contributed by atoms with Gasteiger partial charge in [-0.25, -0.2) is 9.67 Å². The molecule has 0 spiro atoms. The Balaban J connectivity index is 1.82. The molecule has 0 bridgehead atoms. The number of rotatable bonds is 6. The van der Waals surface area contributed by atoms with Gasteiger partial charge >= 0.3 is 0 Å². The normalized spacial score (nSPS) is 10.8. The van der Waals surface area contributed by atoms with E-state index in [9.17, 15) is 19.7 Å². The minimum Gasteiger partial charge on any atom is -0.296 e. The second-order valence-corrected chi connectivity index (χ2v) is 6.55. The van der Waals surface area contributed by atoms with Gasteiger partial charge in [0.25, 0.3) is 17.2 Å². The highest BCUT2D eigenvalue weighted by Crippen LogP contribution is 2.29. The molecule has 134 valence electrons. The van der Waals surface area contributed by atoms with E-state index in [-0.39, 0.29) is 16.9 Å². The van der Waals surface area contributed by atoms with Gasteiger partial charge in [0.2, 0.25) is 0 Å². The number of thiazole rings is 1. The number of nitrogens with zero attached hydrogens (tertiary/aromatic N) is 4. The zero-order valence-corrected chi connectivity index (χ0v) is 14.7. The summed E-state index contributed by atoms with van der Waals surface area (Å²) in [6, 6.07) is 6.96. The summed E-state index contributed by atoms with van der Waals surface area (Å²) in [5.74, 6) is -0.496. The number of benzene rings is 1. The lowest BCUT2D eigenvalue weighted by Gasteiger charge is -2.05. The molecule has 1 N–H and O–H groups in total. The van der Waals surface area contributed by atoms with Crippen LogP contribution in [-0.2, 0) is 6.54 Å². The zero-order chi connectivity index (χ0) is 18.7. The Labute approximate surface area is 151 Å². The van der Waals surface area contributed by atoms with Gasteiger partial charge in [0.15, 0.2) is 5.13 Å². The van der Waals surface area contributed by atoms with Gasteiger partial charge in [-0.05, 0) is 18.6 Å². The minimum absolute atomic E-state index is 0.0382. The number of amides is 1. The fourth-order valence-electron chi connectivity index (χ4n) is 2.28. The highest BCUT2D eigenvalue weighted by Gasteiger charge is 2.14. The molecule has 1 aromatic carbocycles. The summed E-state index contributed by atoms with van der Waals surface area (Å²) in [4.78, 5) is 38.7. The molecule has 0 aliphatic heterocycles. The van der Waals surface area contributed by atoms with E-state index in [0.29, 0.717) is 21.9 Å². The van der Waals surface area contributed by atoms with Crippen LogP contribution in [0.15, 0.2) is 35.1 Å². The molecule has 2 heterocycles. The van der Waals surface area contributed by atoms with Crippen LogP contribution in [0, 0.1) is 10.1 Å². The lowest BCUT2D eigenvalue weighted by molar-refractivity contribution is -0.384. The maximum absolute atomic E-state index is 12.4. The van der Waals surface area contributed by atoms with Gasteiger partial charge in [-0.15, -0.1) is 0 Å². The number of fused-ring (bicyclic) bond motifs is 1. The predicted molar refractivity (Wildman–Crippen MR) is 97.6 cm³/mol. The Morgan fingerprint density at radius 1 is 1.35 bits per heavy atom.